The van der Waals surface area contributed by atoms with Crippen LogP contribution in [0.25, 0.3) is 0 Å². The molecule has 0 spiro atoms. The Morgan fingerprint density at radius 3 is 2.27 bits per heavy atom. The topological polar surface area (TPSA) is 40.5 Å². The SMILES string of the molecule is Cc1cc(Br)c(C)c(O)c1O. The van der Waals surface area contributed by atoms with Crippen LogP contribution in [0.1, 0.15) is 11.1 Å². The van der Waals surface area contributed by atoms with E-state index in [1.54, 1.807) is 19.9 Å². The minimum absolute atomic E-state index is 0.0364. The fourth-order valence-electron chi connectivity index (χ4n) is 0.844. The molecule has 0 unspecified atom stereocenters. The van der Waals surface area contributed by atoms with E-state index in [0.717, 1.165) is 4.47 Å². The molecule has 0 aliphatic carbocycles. The molecule has 0 aliphatic rings. The summed E-state index contributed by atoms with van der Waals surface area (Å²) in [6, 6.07) is 1.77. The van der Waals surface area contributed by atoms with Crippen LogP contribution in [0.3, 0.4) is 0 Å². The molecule has 0 aromatic heterocycles. The van der Waals surface area contributed by atoms with Gasteiger partial charge < -0.3 is 10.2 Å². The molecule has 0 saturated carbocycles. The van der Waals surface area contributed by atoms with Crippen LogP contribution in [0, 0.1) is 13.8 Å². The van der Waals surface area contributed by atoms with Gasteiger partial charge in [0, 0.05) is 10.0 Å². The first-order valence-electron chi connectivity index (χ1n) is 3.21. The van der Waals surface area contributed by atoms with Crippen LogP contribution in [-0.4, -0.2) is 10.2 Å². The lowest BCUT2D eigenvalue weighted by Crippen LogP contribution is -1.82. The molecule has 1 aromatic rings. The molecule has 0 bridgehead atoms. The molecule has 11 heavy (non-hydrogen) atoms. The summed E-state index contributed by atoms with van der Waals surface area (Å²) in [6.45, 7) is 3.47. The van der Waals surface area contributed by atoms with E-state index < -0.39 is 0 Å². The third-order valence-electron chi connectivity index (χ3n) is 1.65. The molecule has 0 fully saturated rings. The largest absolute Gasteiger partial charge is 0.504 e. The van der Waals surface area contributed by atoms with E-state index in [1.807, 2.05) is 0 Å². The fraction of sp³-hybridized carbons (Fsp3) is 0.250. The lowest BCUT2D eigenvalue weighted by atomic mass is 10.1. The summed E-state index contributed by atoms with van der Waals surface area (Å²) >= 11 is 3.26. The Hall–Kier alpha value is -0.700. The summed E-state index contributed by atoms with van der Waals surface area (Å²) in [4.78, 5) is 0. The van der Waals surface area contributed by atoms with Crippen molar-refractivity contribution in [3.8, 4) is 11.5 Å². The summed E-state index contributed by atoms with van der Waals surface area (Å²) in [7, 11) is 0. The van der Waals surface area contributed by atoms with E-state index in [2.05, 4.69) is 15.9 Å². The Bertz CT molecular complexity index is 268. The van der Waals surface area contributed by atoms with Crippen molar-refractivity contribution in [1.82, 2.24) is 0 Å². The maximum Gasteiger partial charge on any atom is 0.161 e. The molecule has 60 valence electrons. The maximum atomic E-state index is 9.29. The molecular weight excluding hydrogens is 208 g/mol. The third kappa shape index (κ3) is 1.33. The smallest absolute Gasteiger partial charge is 0.161 e. The van der Waals surface area contributed by atoms with Crippen LogP contribution in [0.2, 0.25) is 0 Å². The molecule has 0 amide bonds. The third-order valence-corrected chi connectivity index (χ3v) is 2.48. The van der Waals surface area contributed by atoms with Crippen molar-refractivity contribution < 1.29 is 10.2 Å². The molecule has 0 atom stereocenters. The zero-order valence-corrected chi connectivity index (χ0v) is 7.94. The van der Waals surface area contributed by atoms with Crippen LogP contribution in [0.15, 0.2) is 10.5 Å². The van der Waals surface area contributed by atoms with Crippen LogP contribution in [-0.2, 0) is 0 Å². The Labute approximate surface area is 73.6 Å². The standard InChI is InChI=1S/C8H9BrO2/c1-4-3-6(9)5(2)8(11)7(4)10/h3,10-11H,1-2H3. The van der Waals surface area contributed by atoms with Crippen LogP contribution in [0.5, 0.6) is 11.5 Å². The summed E-state index contributed by atoms with van der Waals surface area (Å²) in [5.74, 6) is -0.0809. The van der Waals surface area contributed by atoms with Gasteiger partial charge in [-0.05, 0) is 25.5 Å². The number of phenolic OH excluding ortho intramolecular Hbond substituents is 2. The van der Waals surface area contributed by atoms with Gasteiger partial charge in [0.1, 0.15) is 0 Å². The average molecular weight is 217 g/mol. The van der Waals surface area contributed by atoms with E-state index in [1.165, 1.54) is 0 Å². The summed E-state index contributed by atoms with van der Waals surface area (Å²) in [6.07, 6.45) is 0. The molecule has 0 aliphatic heterocycles. The van der Waals surface area contributed by atoms with Gasteiger partial charge in [-0.3, -0.25) is 0 Å². The highest BCUT2D eigenvalue weighted by atomic mass is 79.9. The Kier molecular flexibility index (Phi) is 2.09. The van der Waals surface area contributed by atoms with Gasteiger partial charge in [0.05, 0.1) is 0 Å². The summed E-state index contributed by atoms with van der Waals surface area (Å²) in [5.41, 5.74) is 1.33. The molecule has 0 saturated heterocycles. The predicted octanol–water partition coefficient (Wildman–Crippen LogP) is 2.48. The number of aryl methyl sites for hydroxylation is 1. The van der Waals surface area contributed by atoms with Crippen molar-refractivity contribution >= 4 is 15.9 Å². The zero-order chi connectivity index (χ0) is 8.59. The van der Waals surface area contributed by atoms with E-state index in [4.69, 9.17) is 0 Å². The highest BCUT2D eigenvalue weighted by molar-refractivity contribution is 9.10. The quantitative estimate of drug-likeness (QED) is 0.655. The lowest BCUT2D eigenvalue weighted by molar-refractivity contribution is 0.398. The van der Waals surface area contributed by atoms with Crippen molar-refractivity contribution in [2.24, 2.45) is 0 Å². The second-order valence-corrected chi connectivity index (χ2v) is 3.35. The summed E-state index contributed by atoms with van der Waals surface area (Å²) in [5, 5.41) is 18.5. The number of hydrogen-bond acceptors (Lipinski definition) is 2. The van der Waals surface area contributed by atoms with Gasteiger partial charge >= 0.3 is 0 Å². The molecule has 0 radical (unpaired) electrons. The maximum absolute atomic E-state index is 9.29. The van der Waals surface area contributed by atoms with Gasteiger partial charge in [-0.15, -0.1) is 0 Å². The Morgan fingerprint density at radius 1 is 1.18 bits per heavy atom. The van der Waals surface area contributed by atoms with Crippen molar-refractivity contribution in [1.29, 1.82) is 0 Å². The first kappa shape index (κ1) is 8.40. The van der Waals surface area contributed by atoms with Crippen molar-refractivity contribution in [3.63, 3.8) is 0 Å². The number of halogens is 1. The average Bonchev–Trinajstić information content (AvgIpc) is 1.97. The number of benzene rings is 1. The van der Waals surface area contributed by atoms with Gasteiger partial charge in [0.15, 0.2) is 11.5 Å². The highest BCUT2D eigenvalue weighted by Gasteiger charge is 2.08. The fourth-order valence-corrected chi connectivity index (χ4v) is 1.38. The molecular formula is C8H9BrO2. The van der Waals surface area contributed by atoms with Gasteiger partial charge in [-0.1, -0.05) is 15.9 Å². The monoisotopic (exact) mass is 216 g/mol. The highest BCUT2D eigenvalue weighted by Crippen LogP contribution is 2.36. The number of hydrogen-bond donors (Lipinski definition) is 2. The lowest BCUT2D eigenvalue weighted by Gasteiger charge is -2.06. The van der Waals surface area contributed by atoms with Gasteiger partial charge in [0.2, 0.25) is 0 Å². The number of rotatable bonds is 0. The number of phenols is 2. The van der Waals surface area contributed by atoms with Crippen molar-refractivity contribution in [2.75, 3.05) is 0 Å². The zero-order valence-electron chi connectivity index (χ0n) is 6.35. The van der Waals surface area contributed by atoms with Crippen LogP contribution < -0.4 is 0 Å². The van der Waals surface area contributed by atoms with Crippen molar-refractivity contribution in [2.45, 2.75) is 13.8 Å². The Balaban J connectivity index is 3.46. The first-order chi connectivity index (χ1) is 5.04. The van der Waals surface area contributed by atoms with E-state index in [0.29, 0.717) is 11.1 Å². The van der Waals surface area contributed by atoms with Crippen molar-refractivity contribution in [3.05, 3.63) is 21.7 Å². The normalized spacial score (nSPS) is 10.1. The first-order valence-corrected chi connectivity index (χ1v) is 4.01. The number of aromatic hydroxyl groups is 2. The van der Waals surface area contributed by atoms with E-state index in [-0.39, 0.29) is 11.5 Å². The molecule has 3 heteroatoms. The van der Waals surface area contributed by atoms with Gasteiger partial charge in [-0.2, -0.15) is 0 Å². The van der Waals surface area contributed by atoms with Crippen LogP contribution >= 0.6 is 15.9 Å². The van der Waals surface area contributed by atoms with E-state index in [9.17, 15) is 10.2 Å². The summed E-state index contributed by atoms with van der Waals surface area (Å²) < 4.78 is 0.810. The second kappa shape index (κ2) is 2.74. The predicted molar refractivity (Wildman–Crippen MR) is 46.9 cm³/mol. The minimum Gasteiger partial charge on any atom is -0.504 e. The van der Waals surface area contributed by atoms with Gasteiger partial charge in [0.25, 0.3) is 0 Å². The minimum atomic E-state index is -0.0446. The molecule has 1 aromatic carbocycles. The molecule has 2 nitrogen and oxygen atoms in total. The molecule has 0 heterocycles. The molecule has 1 rings (SSSR count). The molecule has 2 N–H and O–H groups in total. The van der Waals surface area contributed by atoms with E-state index >= 15 is 0 Å². The van der Waals surface area contributed by atoms with Crippen LogP contribution in [0.4, 0.5) is 0 Å². The van der Waals surface area contributed by atoms with Gasteiger partial charge in [-0.25, -0.2) is 0 Å². The Morgan fingerprint density at radius 2 is 1.73 bits per heavy atom. The second-order valence-electron chi connectivity index (χ2n) is 2.50.